The lowest BCUT2D eigenvalue weighted by molar-refractivity contribution is -0.138. The number of terminal acetylenes is 1. The third-order valence-electron chi connectivity index (χ3n) is 4.55. The van der Waals surface area contributed by atoms with Gasteiger partial charge >= 0.3 is 6.09 Å². The van der Waals surface area contributed by atoms with Gasteiger partial charge in [0.25, 0.3) is 5.91 Å². The van der Waals surface area contributed by atoms with Crippen molar-refractivity contribution in [3.63, 3.8) is 0 Å². The Morgan fingerprint density at radius 1 is 1.15 bits per heavy atom. The van der Waals surface area contributed by atoms with Gasteiger partial charge in [-0.1, -0.05) is 48.9 Å². The smallest absolute Gasteiger partial charge is 0.408 e. The predicted molar refractivity (Wildman–Crippen MR) is 132 cm³/mol. The SMILES string of the molecule is C#CN(C(=O)C(CS)NC(=O)OC(C)(C)C)C(C(=O)NCc1ccccc1)c1cccc(O)c1. The van der Waals surface area contributed by atoms with Crippen LogP contribution in [-0.4, -0.2) is 45.3 Å². The highest BCUT2D eigenvalue weighted by atomic mass is 32.1. The van der Waals surface area contributed by atoms with Gasteiger partial charge in [0.1, 0.15) is 23.4 Å². The molecule has 2 unspecified atom stereocenters. The molecule has 34 heavy (non-hydrogen) atoms. The summed E-state index contributed by atoms with van der Waals surface area (Å²) in [5, 5.41) is 15.2. The summed E-state index contributed by atoms with van der Waals surface area (Å²) in [6, 6.07) is 14.9. The van der Waals surface area contributed by atoms with Crippen molar-refractivity contribution >= 4 is 30.5 Å². The van der Waals surface area contributed by atoms with Crippen molar-refractivity contribution in [2.24, 2.45) is 0 Å². The first-order chi connectivity index (χ1) is 16.1. The number of hydrogen-bond acceptors (Lipinski definition) is 6. The van der Waals surface area contributed by atoms with Crippen molar-refractivity contribution in [3.05, 3.63) is 65.7 Å². The lowest BCUT2D eigenvalue weighted by Gasteiger charge is -2.30. The molecule has 3 amide bonds. The average molecular weight is 484 g/mol. The van der Waals surface area contributed by atoms with Crippen LogP contribution in [0.2, 0.25) is 0 Å². The van der Waals surface area contributed by atoms with Gasteiger partial charge in [-0.25, -0.2) is 4.79 Å². The number of nitrogens with one attached hydrogen (secondary N) is 2. The van der Waals surface area contributed by atoms with Crippen LogP contribution >= 0.6 is 12.6 Å². The normalized spacial score (nSPS) is 12.6. The summed E-state index contributed by atoms with van der Waals surface area (Å²) in [5.74, 6) is -1.47. The van der Waals surface area contributed by atoms with E-state index in [2.05, 4.69) is 29.3 Å². The summed E-state index contributed by atoms with van der Waals surface area (Å²) in [7, 11) is 0. The molecule has 2 aromatic carbocycles. The molecule has 0 saturated carbocycles. The molecule has 0 aliphatic carbocycles. The third-order valence-corrected chi connectivity index (χ3v) is 4.92. The first-order valence-corrected chi connectivity index (χ1v) is 11.2. The van der Waals surface area contributed by atoms with E-state index in [0.29, 0.717) is 5.56 Å². The van der Waals surface area contributed by atoms with E-state index in [-0.39, 0.29) is 18.0 Å². The molecule has 180 valence electrons. The summed E-state index contributed by atoms with van der Waals surface area (Å²) < 4.78 is 5.21. The molecule has 8 nitrogen and oxygen atoms in total. The van der Waals surface area contributed by atoms with Crippen LogP contribution in [0.4, 0.5) is 4.79 Å². The van der Waals surface area contributed by atoms with Gasteiger partial charge in [-0.05, 0) is 44.0 Å². The Hall–Kier alpha value is -3.64. The highest BCUT2D eigenvalue weighted by Gasteiger charge is 2.35. The van der Waals surface area contributed by atoms with Crippen LogP contribution in [0.15, 0.2) is 54.6 Å². The lowest BCUT2D eigenvalue weighted by Crippen LogP contribution is -2.52. The van der Waals surface area contributed by atoms with E-state index in [4.69, 9.17) is 11.2 Å². The van der Waals surface area contributed by atoms with E-state index in [0.717, 1.165) is 10.5 Å². The first-order valence-electron chi connectivity index (χ1n) is 10.6. The van der Waals surface area contributed by atoms with Gasteiger partial charge in [0.05, 0.1) is 0 Å². The number of rotatable bonds is 8. The number of aromatic hydroxyl groups is 1. The maximum absolute atomic E-state index is 13.3. The second kappa shape index (κ2) is 12.0. The molecule has 0 heterocycles. The molecule has 3 N–H and O–H groups in total. The number of benzene rings is 2. The number of ether oxygens (including phenoxy) is 1. The summed E-state index contributed by atoms with van der Waals surface area (Å²) in [4.78, 5) is 39.6. The molecular weight excluding hydrogens is 454 g/mol. The van der Waals surface area contributed by atoms with Crippen LogP contribution in [0.5, 0.6) is 5.75 Å². The van der Waals surface area contributed by atoms with Crippen LogP contribution in [-0.2, 0) is 20.9 Å². The fourth-order valence-corrected chi connectivity index (χ4v) is 3.31. The van der Waals surface area contributed by atoms with Crippen LogP contribution in [0.1, 0.15) is 37.9 Å². The van der Waals surface area contributed by atoms with Gasteiger partial charge in [0.2, 0.25) is 5.91 Å². The molecular formula is C25H29N3O5S. The van der Waals surface area contributed by atoms with Crippen molar-refractivity contribution < 1.29 is 24.2 Å². The van der Waals surface area contributed by atoms with Crippen molar-refractivity contribution in [3.8, 4) is 18.2 Å². The minimum Gasteiger partial charge on any atom is -0.508 e. The van der Waals surface area contributed by atoms with Crippen molar-refractivity contribution in [2.75, 3.05) is 5.75 Å². The zero-order valence-corrected chi connectivity index (χ0v) is 20.2. The Balaban J connectivity index is 2.32. The standard InChI is InChI=1S/C25H29N3O5S/c1-5-28(23(31)20(16-34)27-24(32)33-25(2,3)4)21(18-12-9-13-19(29)14-18)22(30)26-15-17-10-7-6-8-11-17/h1,6-14,20-21,29,34H,15-16H2,2-4H3,(H,26,30)(H,27,32). The summed E-state index contributed by atoms with van der Waals surface area (Å²) in [6.45, 7) is 5.26. The van der Waals surface area contributed by atoms with E-state index < -0.39 is 35.6 Å². The van der Waals surface area contributed by atoms with Crippen LogP contribution in [0.3, 0.4) is 0 Å². The van der Waals surface area contributed by atoms with E-state index in [1.165, 1.54) is 18.2 Å². The molecule has 0 radical (unpaired) electrons. The Morgan fingerprint density at radius 2 is 1.82 bits per heavy atom. The molecule has 0 spiro atoms. The lowest BCUT2D eigenvalue weighted by atomic mass is 10.0. The number of hydrogen-bond donors (Lipinski definition) is 4. The Bertz CT molecular complexity index is 1050. The molecule has 2 aromatic rings. The van der Waals surface area contributed by atoms with Gasteiger partial charge < -0.3 is 20.5 Å². The minimum atomic E-state index is -1.27. The summed E-state index contributed by atoms with van der Waals surface area (Å²) >= 11 is 4.16. The van der Waals surface area contributed by atoms with E-state index in [9.17, 15) is 19.5 Å². The maximum Gasteiger partial charge on any atom is 0.408 e. The molecule has 2 rings (SSSR count). The van der Waals surface area contributed by atoms with Crippen LogP contribution in [0, 0.1) is 12.5 Å². The number of thiol groups is 1. The number of phenolic OH excluding ortho intramolecular Hbond substituents is 1. The topological polar surface area (TPSA) is 108 Å². The van der Waals surface area contributed by atoms with Crippen molar-refractivity contribution in [1.29, 1.82) is 0 Å². The van der Waals surface area contributed by atoms with Gasteiger partial charge in [-0.15, -0.1) is 0 Å². The van der Waals surface area contributed by atoms with Gasteiger partial charge in [0.15, 0.2) is 0 Å². The van der Waals surface area contributed by atoms with Gasteiger partial charge in [0, 0.05) is 18.3 Å². The monoisotopic (exact) mass is 483 g/mol. The second-order valence-corrected chi connectivity index (χ2v) is 8.78. The number of carbonyl (C=O) groups excluding carboxylic acids is 3. The zero-order chi connectivity index (χ0) is 25.3. The predicted octanol–water partition coefficient (Wildman–Crippen LogP) is 2.99. The van der Waals surface area contributed by atoms with Crippen molar-refractivity contribution in [1.82, 2.24) is 15.5 Å². The highest BCUT2D eigenvalue weighted by Crippen LogP contribution is 2.25. The third kappa shape index (κ3) is 7.74. The summed E-state index contributed by atoms with van der Waals surface area (Å²) in [5.41, 5.74) is 0.373. The Morgan fingerprint density at radius 3 is 2.38 bits per heavy atom. The Labute approximate surface area is 205 Å². The van der Waals surface area contributed by atoms with Crippen LogP contribution in [0.25, 0.3) is 0 Å². The second-order valence-electron chi connectivity index (χ2n) is 8.42. The number of nitrogens with zero attached hydrogens (tertiary/aromatic N) is 1. The largest absolute Gasteiger partial charge is 0.508 e. The number of carbonyl (C=O) groups is 3. The number of phenols is 1. The average Bonchev–Trinajstić information content (AvgIpc) is 2.78. The molecule has 0 aliphatic heterocycles. The first kappa shape index (κ1) is 26.6. The van der Waals surface area contributed by atoms with E-state index >= 15 is 0 Å². The van der Waals surface area contributed by atoms with Crippen LogP contribution < -0.4 is 10.6 Å². The Kier molecular flexibility index (Phi) is 9.39. The van der Waals surface area contributed by atoms with Gasteiger partial charge in [-0.2, -0.15) is 12.6 Å². The molecule has 2 atom stereocenters. The molecule has 0 aromatic heterocycles. The fourth-order valence-electron chi connectivity index (χ4n) is 3.06. The maximum atomic E-state index is 13.3. The number of alkyl carbamates (subject to hydrolysis) is 1. The quantitative estimate of drug-likeness (QED) is 0.262. The highest BCUT2D eigenvalue weighted by molar-refractivity contribution is 7.80. The molecule has 0 fully saturated rings. The van der Waals surface area contributed by atoms with Crippen molar-refractivity contribution in [2.45, 2.75) is 45.0 Å². The minimum absolute atomic E-state index is 0.0886. The molecule has 0 bridgehead atoms. The molecule has 0 saturated heterocycles. The van der Waals surface area contributed by atoms with E-state index in [1.807, 2.05) is 30.3 Å². The van der Waals surface area contributed by atoms with Gasteiger partial charge in [-0.3, -0.25) is 14.5 Å². The zero-order valence-electron chi connectivity index (χ0n) is 19.3. The number of amides is 3. The summed E-state index contributed by atoms with van der Waals surface area (Å²) in [6.07, 6.45) is 4.84. The molecule has 0 aliphatic rings. The fraction of sp³-hybridized carbons (Fsp3) is 0.320. The van der Waals surface area contributed by atoms with E-state index in [1.54, 1.807) is 26.8 Å². The molecule has 9 heteroatoms.